The number of aromatic amines is 1. The number of nitrogens with one attached hydrogen (secondary N) is 1. The summed E-state index contributed by atoms with van der Waals surface area (Å²) >= 11 is 0. The summed E-state index contributed by atoms with van der Waals surface area (Å²) in [6.45, 7) is 1.85. The molecule has 0 aliphatic carbocycles. The standard InChI is InChI=1S/C11H9F2NO/c1-6-2-3-8-7(4-6)10(15)5-9(14-8)11(12)13/h2-5,11H,1H3,(H,14,15). The van der Waals surface area contributed by atoms with Gasteiger partial charge in [-0.25, -0.2) is 8.78 Å². The second kappa shape index (κ2) is 3.46. The third-order valence-corrected chi connectivity index (χ3v) is 2.24. The van der Waals surface area contributed by atoms with E-state index in [-0.39, 0.29) is 11.1 Å². The summed E-state index contributed by atoms with van der Waals surface area (Å²) in [5.41, 5.74) is 0.667. The van der Waals surface area contributed by atoms with E-state index in [4.69, 9.17) is 0 Å². The number of benzene rings is 1. The molecule has 0 saturated carbocycles. The van der Waals surface area contributed by atoms with Gasteiger partial charge in [0.2, 0.25) is 0 Å². The van der Waals surface area contributed by atoms with Crippen LogP contribution in [0, 0.1) is 6.92 Å². The van der Waals surface area contributed by atoms with Crippen LogP contribution in [-0.4, -0.2) is 4.98 Å². The monoisotopic (exact) mass is 209 g/mol. The van der Waals surface area contributed by atoms with Gasteiger partial charge in [0, 0.05) is 17.0 Å². The minimum absolute atomic E-state index is 0.337. The number of pyridine rings is 1. The Labute approximate surface area is 84.6 Å². The molecule has 1 aromatic carbocycles. The van der Waals surface area contributed by atoms with Gasteiger partial charge in [-0.1, -0.05) is 11.6 Å². The smallest absolute Gasteiger partial charge is 0.278 e. The molecule has 0 spiro atoms. The van der Waals surface area contributed by atoms with Crippen LogP contribution in [0.3, 0.4) is 0 Å². The van der Waals surface area contributed by atoms with Gasteiger partial charge >= 0.3 is 0 Å². The predicted octanol–water partition coefficient (Wildman–Crippen LogP) is 2.77. The van der Waals surface area contributed by atoms with Crippen molar-refractivity contribution >= 4 is 10.9 Å². The lowest BCUT2D eigenvalue weighted by Crippen LogP contribution is -2.05. The van der Waals surface area contributed by atoms with Crippen molar-refractivity contribution in [3.05, 3.63) is 45.7 Å². The van der Waals surface area contributed by atoms with Crippen molar-refractivity contribution in [1.29, 1.82) is 0 Å². The Kier molecular flexibility index (Phi) is 2.26. The Morgan fingerprint density at radius 1 is 1.27 bits per heavy atom. The first-order valence-electron chi connectivity index (χ1n) is 4.49. The van der Waals surface area contributed by atoms with Gasteiger partial charge in [0.05, 0.1) is 5.69 Å². The van der Waals surface area contributed by atoms with Gasteiger partial charge in [0.1, 0.15) is 0 Å². The van der Waals surface area contributed by atoms with Crippen LogP contribution in [0.15, 0.2) is 29.1 Å². The molecule has 0 saturated heterocycles. The maximum absolute atomic E-state index is 12.4. The molecule has 0 fully saturated rings. The molecule has 0 amide bonds. The van der Waals surface area contributed by atoms with Gasteiger partial charge in [-0.3, -0.25) is 4.79 Å². The highest BCUT2D eigenvalue weighted by molar-refractivity contribution is 5.79. The van der Waals surface area contributed by atoms with Gasteiger partial charge in [-0.15, -0.1) is 0 Å². The Morgan fingerprint density at radius 3 is 2.67 bits per heavy atom. The SMILES string of the molecule is Cc1ccc2[nH]c(C(F)F)cc(=O)c2c1. The summed E-state index contributed by atoms with van der Waals surface area (Å²) in [4.78, 5) is 14.0. The molecule has 2 nitrogen and oxygen atoms in total. The minimum Gasteiger partial charge on any atom is -0.354 e. The van der Waals surface area contributed by atoms with Crippen LogP contribution < -0.4 is 5.43 Å². The zero-order valence-electron chi connectivity index (χ0n) is 8.05. The molecule has 0 radical (unpaired) electrons. The van der Waals surface area contributed by atoms with Crippen molar-refractivity contribution in [3.8, 4) is 0 Å². The van der Waals surface area contributed by atoms with E-state index in [0.717, 1.165) is 11.6 Å². The summed E-state index contributed by atoms with van der Waals surface area (Å²) < 4.78 is 24.8. The average molecular weight is 209 g/mol. The molecule has 0 atom stereocenters. The highest BCUT2D eigenvalue weighted by Crippen LogP contribution is 2.18. The first kappa shape index (κ1) is 9.83. The average Bonchev–Trinajstić information content (AvgIpc) is 2.18. The zero-order valence-corrected chi connectivity index (χ0v) is 8.05. The number of H-pyrrole nitrogens is 1. The Balaban J connectivity index is 2.79. The molecule has 1 heterocycles. The highest BCUT2D eigenvalue weighted by atomic mass is 19.3. The van der Waals surface area contributed by atoms with Crippen molar-refractivity contribution < 1.29 is 8.78 Å². The van der Waals surface area contributed by atoms with E-state index in [1.807, 2.05) is 6.92 Å². The number of fused-ring (bicyclic) bond motifs is 1. The van der Waals surface area contributed by atoms with Gasteiger partial charge in [-0.05, 0) is 19.1 Å². The van der Waals surface area contributed by atoms with Gasteiger partial charge in [0.25, 0.3) is 6.43 Å². The van der Waals surface area contributed by atoms with E-state index in [2.05, 4.69) is 4.98 Å². The van der Waals surface area contributed by atoms with Crippen molar-refractivity contribution in [3.63, 3.8) is 0 Å². The Hall–Kier alpha value is -1.71. The molecule has 78 valence electrons. The maximum Gasteiger partial charge on any atom is 0.278 e. The number of hydrogen-bond acceptors (Lipinski definition) is 1. The molecule has 2 aromatic rings. The second-order valence-electron chi connectivity index (χ2n) is 3.44. The molecule has 1 N–H and O–H groups in total. The lowest BCUT2D eigenvalue weighted by Gasteiger charge is -2.03. The lowest BCUT2D eigenvalue weighted by molar-refractivity contribution is 0.146. The molecule has 0 unspecified atom stereocenters. The van der Waals surface area contributed by atoms with E-state index < -0.39 is 6.43 Å². The summed E-state index contributed by atoms with van der Waals surface area (Å²) in [6.07, 6.45) is -2.65. The zero-order chi connectivity index (χ0) is 11.0. The summed E-state index contributed by atoms with van der Waals surface area (Å²) in [5, 5.41) is 0.444. The Morgan fingerprint density at radius 2 is 2.00 bits per heavy atom. The minimum atomic E-state index is -2.65. The molecule has 2 rings (SSSR count). The number of hydrogen-bond donors (Lipinski definition) is 1. The van der Waals surface area contributed by atoms with Gasteiger partial charge in [-0.2, -0.15) is 0 Å². The maximum atomic E-state index is 12.4. The predicted molar refractivity (Wildman–Crippen MR) is 54.3 cm³/mol. The van der Waals surface area contributed by atoms with Gasteiger partial charge in [0.15, 0.2) is 5.43 Å². The van der Waals surface area contributed by atoms with Crippen molar-refractivity contribution in [2.75, 3.05) is 0 Å². The summed E-state index contributed by atoms with van der Waals surface area (Å²) in [5.74, 6) is 0. The van der Waals surface area contributed by atoms with Crippen LogP contribution >= 0.6 is 0 Å². The van der Waals surface area contributed by atoms with Crippen LogP contribution in [0.1, 0.15) is 17.7 Å². The lowest BCUT2D eigenvalue weighted by atomic mass is 10.1. The van der Waals surface area contributed by atoms with E-state index >= 15 is 0 Å². The number of halogens is 2. The fourth-order valence-electron chi connectivity index (χ4n) is 1.50. The van der Waals surface area contributed by atoms with Crippen molar-refractivity contribution in [2.24, 2.45) is 0 Å². The Bertz CT molecular complexity index is 560. The first-order chi connectivity index (χ1) is 7.08. The van der Waals surface area contributed by atoms with E-state index in [1.54, 1.807) is 18.2 Å². The van der Waals surface area contributed by atoms with Crippen LogP contribution in [0.25, 0.3) is 10.9 Å². The van der Waals surface area contributed by atoms with Crippen molar-refractivity contribution in [2.45, 2.75) is 13.3 Å². The van der Waals surface area contributed by atoms with Crippen molar-refractivity contribution in [1.82, 2.24) is 4.98 Å². The fourth-order valence-corrected chi connectivity index (χ4v) is 1.50. The normalized spacial score (nSPS) is 11.2. The van der Waals surface area contributed by atoms with Crippen LogP contribution in [0.5, 0.6) is 0 Å². The summed E-state index contributed by atoms with van der Waals surface area (Å²) in [6, 6.07) is 6.04. The third-order valence-electron chi connectivity index (χ3n) is 2.24. The molecular formula is C11H9F2NO. The van der Waals surface area contributed by atoms with E-state index in [1.165, 1.54) is 0 Å². The molecule has 4 heteroatoms. The molecule has 0 aliphatic rings. The molecule has 1 aromatic heterocycles. The highest BCUT2D eigenvalue weighted by Gasteiger charge is 2.10. The second-order valence-corrected chi connectivity index (χ2v) is 3.44. The molecule has 15 heavy (non-hydrogen) atoms. The molecule has 0 aliphatic heterocycles. The molecule has 0 bridgehead atoms. The molecular weight excluding hydrogens is 200 g/mol. The van der Waals surface area contributed by atoms with E-state index in [9.17, 15) is 13.6 Å². The fraction of sp³-hybridized carbons (Fsp3) is 0.182. The quantitative estimate of drug-likeness (QED) is 0.769. The van der Waals surface area contributed by atoms with Crippen LogP contribution in [-0.2, 0) is 0 Å². The van der Waals surface area contributed by atoms with Crippen LogP contribution in [0.2, 0.25) is 0 Å². The number of aromatic nitrogens is 1. The topological polar surface area (TPSA) is 32.9 Å². The largest absolute Gasteiger partial charge is 0.354 e. The van der Waals surface area contributed by atoms with E-state index in [0.29, 0.717) is 10.9 Å². The first-order valence-corrected chi connectivity index (χ1v) is 4.49. The summed E-state index contributed by atoms with van der Waals surface area (Å²) in [7, 11) is 0. The number of alkyl halides is 2. The number of rotatable bonds is 1. The number of aryl methyl sites for hydroxylation is 1. The van der Waals surface area contributed by atoms with Gasteiger partial charge < -0.3 is 4.98 Å². The van der Waals surface area contributed by atoms with Crippen LogP contribution in [0.4, 0.5) is 8.78 Å². The third kappa shape index (κ3) is 1.75.